The number of benzene rings is 1. The van der Waals surface area contributed by atoms with Gasteiger partial charge in [-0.15, -0.1) is 0 Å². The molecule has 6 heteroatoms. The highest BCUT2D eigenvalue weighted by Crippen LogP contribution is 2.41. The maximum Gasteiger partial charge on any atom is 0.325 e. The summed E-state index contributed by atoms with van der Waals surface area (Å²) < 4.78 is 0. The number of imide groups is 1. The highest BCUT2D eigenvalue weighted by molar-refractivity contribution is 6.09. The summed E-state index contributed by atoms with van der Waals surface area (Å²) in [5.74, 6) is -0.0481. The molecular formula is C20H27N3O3. The lowest BCUT2D eigenvalue weighted by molar-refractivity contribution is -0.135. The molecular weight excluding hydrogens is 330 g/mol. The van der Waals surface area contributed by atoms with E-state index >= 15 is 0 Å². The second kappa shape index (κ2) is 7.09. The van der Waals surface area contributed by atoms with Gasteiger partial charge in [0.15, 0.2) is 0 Å². The Bertz CT molecular complexity index is 731. The van der Waals surface area contributed by atoms with Gasteiger partial charge in [0.2, 0.25) is 5.91 Å². The summed E-state index contributed by atoms with van der Waals surface area (Å²) in [4.78, 5) is 38.8. The number of carbonyl (C=O) groups is 3. The molecule has 4 amide bonds. The Labute approximate surface area is 154 Å². The van der Waals surface area contributed by atoms with E-state index in [0.29, 0.717) is 12.3 Å². The van der Waals surface area contributed by atoms with E-state index in [1.54, 1.807) is 0 Å². The lowest BCUT2D eigenvalue weighted by Gasteiger charge is -2.22. The Morgan fingerprint density at radius 3 is 2.69 bits per heavy atom. The van der Waals surface area contributed by atoms with E-state index in [2.05, 4.69) is 24.5 Å². The van der Waals surface area contributed by atoms with Gasteiger partial charge in [-0.25, -0.2) is 4.79 Å². The van der Waals surface area contributed by atoms with Crippen molar-refractivity contribution in [1.29, 1.82) is 0 Å². The van der Waals surface area contributed by atoms with Gasteiger partial charge in [0.25, 0.3) is 5.91 Å². The molecule has 3 rings (SSSR count). The van der Waals surface area contributed by atoms with Crippen molar-refractivity contribution < 1.29 is 14.4 Å². The molecule has 1 aromatic carbocycles. The molecule has 1 aliphatic heterocycles. The maximum atomic E-state index is 13.0. The van der Waals surface area contributed by atoms with Crippen LogP contribution in [0.1, 0.15) is 51.2 Å². The quantitative estimate of drug-likeness (QED) is 0.767. The number of rotatable bonds is 6. The summed E-state index contributed by atoms with van der Waals surface area (Å²) >= 11 is 0. The molecule has 0 unspecified atom stereocenters. The van der Waals surface area contributed by atoms with Crippen molar-refractivity contribution >= 4 is 17.8 Å². The van der Waals surface area contributed by atoms with Crippen LogP contribution in [-0.4, -0.2) is 35.3 Å². The monoisotopic (exact) mass is 357 g/mol. The van der Waals surface area contributed by atoms with Gasteiger partial charge in [0, 0.05) is 6.04 Å². The molecule has 0 aromatic heterocycles. The fourth-order valence-electron chi connectivity index (χ4n) is 3.85. The van der Waals surface area contributed by atoms with E-state index in [1.165, 1.54) is 0 Å². The van der Waals surface area contributed by atoms with Gasteiger partial charge in [-0.1, -0.05) is 38.1 Å². The van der Waals surface area contributed by atoms with Crippen LogP contribution < -0.4 is 10.6 Å². The van der Waals surface area contributed by atoms with Crippen LogP contribution in [0.3, 0.4) is 0 Å². The van der Waals surface area contributed by atoms with Crippen LogP contribution in [0.15, 0.2) is 24.3 Å². The molecule has 2 atom stereocenters. The molecule has 0 bridgehead atoms. The smallest absolute Gasteiger partial charge is 0.325 e. The van der Waals surface area contributed by atoms with Crippen LogP contribution in [-0.2, 0) is 21.5 Å². The Hall–Kier alpha value is -2.37. The van der Waals surface area contributed by atoms with Crippen molar-refractivity contribution in [2.45, 2.75) is 58.0 Å². The van der Waals surface area contributed by atoms with E-state index in [-0.39, 0.29) is 24.4 Å². The summed E-state index contributed by atoms with van der Waals surface area (Å²) in [6, 6.07) is 7.20. The number of aryl methyl sites for hydroxylation is 1. The topological polar surface area (TPSA) is 78.5 Å². The first-order valence-electron chi connectivity index (χ1n) is 9.35. The lowest BCUT2D eigenvalue weighted by Crippen LogP contribution is -2.45. The van der Waals surface area contributed by atoms with E-state index < -0.39 is 11.6 Å². The molecule has 1 saturated heterocycles. The van der Waals surface area contributed by atoms with Crippen molar-refractivity contribution in [2.75, 3.05) is 6.54 Å². The Morgan fingerprint density at radius 1 is 1.23 bits per heavy atom. The first-order valence-corrected chi connectivity index (χ1v) is 9.35. The molecule has 1 heterocycles. The van der Waals surface area contributed by atoms with Gasteiger partial charge in [0.05, 0.1) is 0 Å². The third-order valence-corrected chi connectivity index (χ3v) is 5.31. The van der Waals surface area contributed by atoms with Crippen LogP contribution in [0.25, 0.3) is 0 Å². The molecule has 2 aliphatic rings. The first kappa shape index (κ1) is 18.4. The number of urea groups is 1. The Kier molecular flexibility index (Phi) is 5.03. The second-order valence-electron chi connectivity index (χ2n) is 7.82. The standard InChI is InChI=1S/C20H27N3O3/c1-13(2)8-9-14(3)21-17(24)12-23-18(25)20(22-19(23)26)11-10-15-6-4-5-7-16(15)20/h4-7,13-14H,8-12H2,1-3H3,(H,21,24)(H,22,26)/t14-,20+/m1/s1. The van der Waals surface area contributed by atoms with Crippen molar-refractivity contribution in [3.8, 4) is 0 Å². The highest BCUT2D eigenvalue weighted by Gasteiger charge is 2.55. The third kappa shape index (κ3) is 3.32. The molecule has 1 aliphatic carbocycles. The second-order valence-corrected chi connectivity index (χ2v) is 7.82. The predicted octanol–water partition coefficient (Wildman–Crippen LogP) is 2.32. The van der Waals surface area contributed by atoms with Crippen LogP contribution in [0.4, 0.5) is 4.79 Å². The third-order valence-electron chi connectivity index (χ3n) is 5.31. The normalized spacial score (nSPS) is 22.7. The summed E-state index contributed by atoms with van der Waals surface area (Å²) in [5, 5.41) is 5.73. The maximum absolute atomic E-state index is 13.0. The molecule has 140 valence electrons. The van der Waals surface area contributed by atoms with Crippen LogP contribution in [0.2, 0.25) is 0 Å². The SMILES string of the molecule is CC(C)CC[C@@H](C)NC(=O)CN1C(=O)N[C@]2(CCc3ccccc32)C1=O. The minimum absolute atomic E-state index is 0.0202. The number of nitrogens with one attached hydrogen (secondary N) is 2. The summed E-state index contributed by atoms with van der Waals surface area (Å²) in [6.07, 6.45) is 3.18. The van der Waals surface area contributed by atoms with E-state index in [4.69, 9.17) is 0 Å². The number of hydrogen-bond acceptors (Lipinski definition) is 3. The molecule has 0 radical (unpaired) electrons. The highest BCUT2D eigenvalue weighted by atomic mass is 16.2. The van der Waals surface area contributed by atoms with Crippen molar-refractivity contribution in [2.24, 2.45) is 5.92 Å². The molecule has 26 heavy (non-hydrogen) atoms. The Morgan fingerprint density at radius 2 is 1.96 bits per heavy atom. The molecule has 0 saturated carbocycles. The lowest BCUT2D eigenvalue weighted by atomic mass is 9.92. The van der Waals surface area contributed by atoms with Crippen LogP contribution >= 0.6 is 0 Å². The van der Waals surface area contributed by atoms with Gasteiger partial charge in [0.1, 0.15) is 12.1 Å². The van der Waals surface area contributed by atoms with Crippen LogP contribution in [0.5, 0.6) is 0 Å². The largest absolute Gasteiger partial charge is 0.352 e. The van der Waals surface area contributed by atoms with E-state index in [9.17, 15) is 14.4 Å². The van der Waals surface area contributed by atoms with Gasteiger partial charge in [-0.05, 0) is 49.7 Å². The minimum Gasteiger partial charge on any atom is -0.352 e. The Balaban J connectivity index is 1.66. The first-order chi connectivity index (χ1) is 12.3. The van der Waals surface area contributed by atoms with E-state index in [0.717, 1.165) is 35.3 Å². The minimum atomic E-state index is -1.00. The molecule has 1 fully saturated rings. The van der Waals surface area contributed by atoms with Gasteiger partial charge in [-0.2, -0.15) is 0 Å². The predicted molar refractivity (Wildman–Crippen MR) is 98.4 cm³/mol. The summed E-state index contributed by atoms with van der Waals surface area (Å²) in [5.41, 5.74) is 0.929. The number of carbonyl (C=O) groups excluding carboxylic acids is 3. The number of nitrogens with zero attached hydrogens (tertiary/aromatic N) is 1. The number of amides is 4. The molecule has 6 nitrogen and oxygen atoms in total. The van der Waals surface area contributed by atoms with E-state index in [1.807, 2.05) is 31.2 Å². The van der Waals surface area contributed by atoms with Gasteiger partial charge >= 0.3 is 6.03 Å². The molecule has 2 N–H and O–H groups in total. The van der Waals surface area contributed by atoms with Crippen molar-refractivity contribution in [1.82, 2.24) is 15.5 Å². The van der Waals surface area contributed by atoms with Crippen molar-refractivity contribution in [3.05, 3.63) is 35.4 Å². The fraction of sp³-hybridized carbons (Fsp3) is 0.550. The van der Waals surface area contributed by atoms with Gasteiger partial charge in [-0.3, -0.25) is 14.5 Å². The summed E-state index contributed by atoms with van der Waals surface area (Å²) in [7, 11) is 0. The zero-order valence-corrected chi connectivity index (χ0v) is 15.7. The average molecular weight is 357 g/mol. The average Bonchev–Trinajstić information content (AvgIpc) is 3.07. The van der Waals surface area contributed by atoms with Crippen molar-refractivity contribution in [3.63, 3.8) is 0 Å². The van der Waals surface area contributed by atoms with Crippen LogP contribution in [0, 0.1) is 5.92 Å². The zero-order valence-electron chi connectivity index (χ0n) is 15.7. The van der Waals surface area contributed by atoms with Gasteiger partial charge < -0.3 is 10.6 Å². The summed E-state index contributed by atoms with van der Waals surface area (Å²) in [6.45, 7) is 5.99. The molecule has 1 spiro atoms. The number of hydrogen-bond donors (Lipinski definition) is 2. The molecule has 1 aromatic rings. The zero-order chi connectivity index (χ0) is 18.9. The number of fused-ring (bicyclic) bond motifs is 2. The fourth-order valence-corrected chi connectivity index (χ4v) is 3.85.